The summed E-state index contributed by atoms with van der Waals surface area (Å²) in [6, 6.07) is 15.5. The summed E-state index contributed by atoms with van der Waals surface area (Å²) in [5, 5.41) is 11.3. The average molecular weight is 438 g/mol. The van der Waals surface area contributed by atoms with Crippen LogP contribution in [-0.4, -0.2) is 37.2 Å². The van der Waals surface area contributed by atoms with Gasteiger partial charge in [-0.3, -0.25) is 9.78 Å². The number of anilines is 1. The van der Waals surface area contributed by atoms with Crippen molar-refractivity contribution in [1.82, 2.24) is 24.7 Å². The Morgan fingerprint density at radius 2 is 2.03 bits per heavy atom. The van der Waals surface area contributed by atoms with Crippen LogP contribution in [0.5, 0.6) is 5.75 Å². The van der Waals surface area contributed by atoms with Crippen molar-refractivity contribution in [2.75, 3.05) is 11.9 Å². The molecule has 164 valence electrons. The standard InChI is InChI=1S/C25H22N6O2/c1-15-5-6-18(13-26-15)16-7-8-22-19(11-16)25(32)29-23-4-2-3-20(28-23)24-30-27-14-31(24)21-12-17(21)9-10-33-22/h2-8,11,13-14,17,21H,9-10,12H2,1H3,(H,28,29,32). The van der Waals surface area contributed by atoms with Gasteiger partial charge in [0.1, 0.15) is 23.6 Å². The number of carbonyl (C=O) groups is 1. The normalized spacial score (nSPS) is 19.2. The van der Waals surface area contributed by atoms with Gasteiger partial charge in [0.25, 0.3) is 5.91 Å². The van der Waals surface area contributed by atoms with Crippen LogP contribution < -0.4 is 10.1 Å². The van der Waals surface area contributed by atoms with Crippen LogP contribution in [0.15, 0.2) is 61.1 Å². The first-order valence-corrected chi connectivity index (χ1v) is 11.0. The molecule has 2 atom stereocenters. The zero-order valence-corrected chi connectivity index (χ0v) is 18.1. The lowest BCUT2D eigenvalue weighted by Gasteiger charge is -2.15. The number of hydrogen-bond acceptors (Lipinski definition) is 6. The van der Waals surface area contributed by atoms with Crippen LogP contribution in [0.25, 0.3) is 22.6 Å². The van der Waals surface area contributed by atoms with E-state index in [4.69, 9.17) is 4.74 Å². The fourth-order valence-corrected chi connectivity index (χ4v) is 4.34. The monoisotopic (exact) mass is 438 g/mol. The number of amides is 1. The molecule has 0 saturated heterocycles. The Bertz CT molecular complexity index is 1350. The predicted molar refractivity (Wildman–Crippen MR) is 123 cm³/mol. The van der Waals surface area contributed by atoms with Crippen LogP contribution in [-0.2, 0) is 0 Å². The average Bonchev–Trinajstić information content (AvgIpc) is 3.42. The minimum atomic E-state index is -0.278. The van der Waals surface area contributed by atoms with Gasteiger partial charge in [0.2, 0.25) is 0 Å². The van der Waals surface area contributed by atoms with Gasteiger partial charge in [0.05, 0.1) is 12.2 Å². The van der Waals surface area contributed by atoms with Crippen molar-refractivity contribution in [2.24, 2.45) is 5.92 Å². The molecule has 8 nitrogen and oxygen atoms in total. The molecule has 4 aromatic rings. The molecular weight excluding hydrogens is 416 g/mol. The Morgan fingerprint density at radius 3 is 2.91 bits per heavy atom. The van der Waals surface area contributed by atoms with E-state index in [0.717, 1.165) is 29.7 Å². The Hall–Kier alpha value is -4.07. The van der Waals surface area contributed by atoms with E-state index in [9.17, 15) is 4.79 Å². The van der Waals surface area contributed by atoms with Crippen molar-refractivity contribution in [3.8, 4) is 28.4 Å². The van der Waals surface area contributed by atoms with Gasteiger partial charge in [-0.05, 0) is 61.6 Å². The molecule has 3 aromatic heterocycles. The third kappa shape index (κ3) is 3.73. The third-order valence-corrected chi connectivity index (χ3v) is 6.25. The SMILES string of the molecule is Cc1ccc(-c2ccc3c(c2)C(=O)Nc2cccc(n2)-c2nncn2C2CC2CCO3)cn1. The van der Waals surface area contributed by atoms with Crippen LogP contribution in [0.4, 0.5) is 5.82 Å². The number of ether oxygens (including phenoxy) is 1. The molecule has 4 heterocycles. The van der Waals surface area contributed by atoms with Crippen LogP contribution in [0.3, 0.4) is 0 Å². The van der Waals surface area contributed by atoms with E-state index in [0.29, 0.717) is 47.2 Å². The summed E-state index contributed by atoms with van der Waals surface area (Å²) in [4.78, 5) is 22.3. The van der Waals surface area contributed by atoms with Gasteiger partial charge >= 0.3 is 0 Å². The Balaban J connectivity index is 1.40. The van der Waals surface area contributed by atoms with E-state index < -0.39 is 0 Å². The lowest BCUT2D eigenvalue weighted by Crippen LogP contribution is -2.16. The molecule has 1 saturated carbocycles. The molecule has 1 amide bonds. The topological polar surface area (TPSA) is 94.8 Å². The van der Waals surface area contributed by atoms with Gasteiger partial charge in [-0.15, -0.1) is 10.2 Å². The smallest absolute Gasteiger partial charge is 0.260 e. The van der Waals surface area contributed by atoms with E-state index in [-0.39, 0.29) is 5.91 Å². The summed E-state index contributed by atoms with van der Waals surface area (Å²) in [7, 11) is 0. The number of aryl methyl sites for hydroxylation is 1. The summed E-state index contributed by atoms with van der Waals surface area (Å²) in [5.74, 6) is 1.93. The molecule has 1 aliphatic heterocycles. The fraction of sp³-hybridized carbons (Fsp3) is 0.240. The number of hydrogen-bond donors (Lipinski definition) is 1. The first kappa shape index (κ1) is 19.6. The first-order chi connectivity index (χ1) is 16.2. The minimum Gasteiger partial charge on any atom is -0.493 e. The molecule has 1 aromatic carbocycles. The highest BCUT2D eigenvalue weighted by Crippen LogP contribution is 2.47. The van der Waals surface area contributed by atoms with E-state index in [2.05, 4.69) is 30.0 Å². The summed E-state index contributed by atoms with van der Waals surface area (Å²) in [5.41, 5.74) is 3.93. The third-order valence-electron chi connectivity index (χ3n) is 6.25. The lowest BCUT2D eigenvalue weighted by molar-refractivity contribution is 0.102. The van der Waals surface area contributed by atoms with Crippen molar-refractivity contribution in [2.45, 2.75) is 25.8 Å². The number of fused-ring (bicyclic) bond motifs is 7. The van der Waals surface area contributed by atoms with Gasteiger partial charge in [-0.1, -0.05) is 18.2 Å². The molecule has 1 aliphatic carbocycles. The van der Waals surface area contributed by atoms with Crippen molar-refractivity contribution in [1.29, 1.82) is 0 Å². The molecule has 33 heavy (non-hydrogen) atoms. The van der Waals surface area contributed by atoms with Gasteiger partial charge in [0, 0.05) is 23.5 Å². The lowest BCUT2D eigenvalue weighted by atomic mass is 10.0. The van der Waals surface area contributed by atoms with Crippen LogP contribution in [0, 0.1) is 12.8 Å². The van der Waals surface area contributed by atoms with E-state index in [1.54, 1.807) is 12.4 Å². The van der Waals surface area contributed by atoms with E-state index in [1.807, 2.05) is 55.6 Å². The molecule has 8 heteroatoms. The van der Waals surface area contributed by atoms with Crippen molar-refractivity contribution >= 4 is 11.7 Å². The van der Waals surface area contributed by atoms with Crippen molar-refractivity contribution in [3.63, 3.8) is 0 Å². The van der Waals surface area contributed by atoms with Crippen molar-refractivity contribution in [3.05, 3.63) is 72.3 Å². The summed E-state index contributed by atoms with van der Waals surface area (Å²) < 4.78 is 8.18. The molecule has 6 rings (SSSR count). The molecule has 0 radical (unpaired) electrons. The minimum absolute atomic E-state index is 0.278. The van der Waals surface area contributed by atoms with Gasteiger partial charge in [-0.25, -0.2) is 4.98 Å². The van der Waals surface area contributed by atoms with E-state index in [1.165, 1.54) is 0 Å². The van der Waals surface area contributed by atoms with Crippen LogP contribution in [0.2, 0.25) is 0 Å². The maximum Gasteiger partial charge on any atom is 0.260 e. The second-order valence-corrected chi connectivity index (χ2v) is 8.52. The van der Waals surface area contributed by atoms with E-state index >= 15 is 0 Å². The maximum atomic E-state index is 13.3. The Morgan fingerprint density at radius 1 is 1.12 bits per heavy atom. The first-order valence-electron chi connectivity index (χ1n) is 11.0. The Labute approximate surface area is 190 Å². The number of benzene rings is 1. The zero-order chi connectivity index (χ0) is 22.4. The largest absolute Gasteiger partial charge is 0.493 e. The number of aromatic nitrogens is 5. The van der Waals surface area contributed by atoms with Gasteiger partial charge < -0.3 is 14.6 Å². The van der Waals surface area contributed by atoms with Crippen LogP contribution >= 0.6 is 0 Å². The predicted octanol–water partition coefficient (Wildman–Crippen LogP) is 4.31. The molecule has 1 fully saturated rings. The number of pyridine rings is 2. The maximum absolute atomic E-state index is 13.3. The number of nitrogens with zero attached hydrogens (tertiary/aromatic N) is 5. The second kappa shape index (κ2) is 7.81. The molecule has 2 unspecified atom stereocenters. The highest BCUT2D eigenvalue weighted by molar-refractivity contribution is 6.06. The fourth-order valence-electron chi connectivity index (χ4n) is 4.34. The quantitative estimate of drug-likeness (QED) is 0.476. The summed E-state index contributed by atoms with van der Waals surface area (Å²) in [6.07, 6.45) is 5.52. The van der Waals surface area contributed by atoms with Gasteiger partial charge in [-0.2, -0.15) is 0 Å². The molecule has 2 bridgehead atoms. The molecule has 2 aliphatic rings. The Kier molecular flexibility index (Phi) is 4.64. The molecule has 0 spiro atoms. The number of rotatable bonds is 1. The van der Waals surface area contributed by atoms with Crippen LogP contribution in [0.1, 0.15) is 34.9 Å². The molecular formula is C25H22N6O2. The van der Waals surface area contributed by atoms with Gasteiger partial charge in [0.15, 0.2) is 5.82 Å². The van der Waals surface area contributed by atoms with Crippen molar-refractivity contribution < 1.29 is 9.53 Å². The highest BCUT2D eigenvalue weighted by atomic mass is 16.5. The number of carbonyl (C=O) groups excluding carboxylic acids is 1. The molecule has 1 N–H and O–H groups in total. The zero-order valence-electron chi connectivity index (χ0n) is 18.1. The summed E-state index contributed by atoms with van der Waals surface area (Å²) in [6.45, 7) is 2.48. The summed E-state index contributed by atoms with van der Waals surface area (Å²) >= 11 is 0. The second-order valence-electron chi connectivity index (χ2n) is 8.52. The highest BCUT2D eigenvalue weighted by Gasteiger charge is 2.40. The number of nitrogens with one attached hydrogen (secondary N) is 1.